The fourth-order valence-corrected chi connectivity index (χ4v) is 0. The van der Waals surface area contributed by atoms with Crippen molar-refractivity contribution in [1.82, 2.24) is 0 Å². The Labute approximate surface area is 115 Å². The largest absolute Gasteiger partial charge is 1.00 e. The number of carboxylic acids is 1. The molecule has 0 aromatic heterocycles. The Morgan fingerprint density at radius 3 is 1.40 bits per heavy atom. The third-order valence-corrected chi connectivity index (χ3v) is 0. The van der Waals surface area contributed by atoms with E-state index in [4.69, 9.17) is 14.7 Å². The van der Waals surface area contributed by atoms with Gasteiger partial charge < -0.3 is 27.3 Å². The van der Waals surface area contributed by atoms with E-state index in [-0.39, 0.29) is 59.1 Å². The Morgan fingerprint density at radius 2 is 1.40 bits per heavy atom. The molecular weight excluding hydrogens is 194 g/mol. The first-order valence-electron chi connectivity index (χ1n) is 1.54. The van der Waals surface area contributed by atoms with Crippen molar-refractivity contribution in [2.75, 3.05) is 0 Å². The van der Waals surface area contributed by atoms with Crippen molar-refractivity contribution in [3.63, 3.8) is 0 Å². The first-order valence-corrected chi connectivity index (χ1v) is 2.40. The molecule has 3 nitrogen and oxygen atoms in total. The Hall–Kier alpha value is 1.71. The molecule has 48 valence electrons. The molecule has 0 heterocycles. The Balaban J connectivity index is -0.0000000300. The number of carbonyl (C=O) groups is 2. The van der Waals surface area contributed by atoms with Gasteiger partial charge in [-0.15, -0.1) is 12.6 Å². The molecule has 0 N–H and O–H groups in total. The van der Waals surface area contributed by atoms with Crippen molar-refractivity contribution in [1.29, 1.82) is 0 Å². The zero-order valence-corrected chi connectivity index (χ0v) is 11.8. The summed E-state index contributed by atoms with van der Waals surface area (Å²) in [5, 5.41) is 8.89. The normalized spacial score (nSPS) is 5.00. The quantitative estimate of drug-likeness (QED) is 0.239. The number of thiol groups is 1. The summed E-state index contributed by atoms with van der Waals surface area (Å²) < 4.78 is -0.556. The van der Waals surface area contributed by atoms with Crippen LogP contribution in [0.2, 0.25) is 0 Å². The second-order valence-corrected chi connectivity index (χ2v) is 1.84. The van der Waals surface area contributed by atoms with Crippen LogP contribution in [0, 0.1) is 0 Å². The third-order valence-electron chi connectivity index (χ3n) is 0. The molecule has 10 heavy (non-hydrogen) atoms. The average molecular weight is 198 g/mol. The molecule has 0 rings (SSSR count). The van der Waals surface area contributed by atoms with Crippen LogP contribution in [0.1, 0.15) is 6.92 Å². The van der Waals surface area contributed by atoms with Gasteiger partial charge in [-0.3, -0.25) is 0 Å². The SMILES string of the molecule is CC(=O)[O-].O=C([S-])S.[Na+].[Na+]. The average Bonchev–Trinajstić information content (AvgIpc) is 1.25. The number of aliphatic carboxylic acids is 1. The summed E-state index contributed by atoms with van der Waals surface area (Å²) in [5.74, 6) is -1.08. The summed E-state index contributed by atoms with van der Waals surface area (Å²) >= 11 is 6.99. The van der Waals surface area contributed by atoms with Crippen molar-refractivity contribution in [2.24, 2.45) is 0 Å². The van der Waals surface area contributed by atoms with Crippen LogP contribution in [0.25, 0.3) is 0 Å². The van der Waals surface area contributed by atoms with Crippen LogP contribution in [0.3, 0.4) is 0 Å². The second-order valence-electron chi connectivity index (χ2n) is 0.757. The van der Waals surface area contributed by atoms with Crippen LogP contribution >= 0.6 is 12.6 Å². The van der Waals surface area contributed by atoms with Gasteiger partial charge in [-0.1, -0.05) is 0 Å². The van der Waals surface area contributed by atoms with Gasteiger partial charge in [0, 0.05) is 5.97 Å². The van der Waals surface area contributed by atoms with Crippen LogP contribution in [-0.2, 0) is 17.4 Å². The van der Waals surface area contributed by atoms with Crippen molar-refractivity contribution in [2.45, 2.75) is 6.92 Å². The van der Waals surface area contributed by atoms with Gasteiger partial charge in [-0.25, -0.2) is 0 Å². The molecule has 0 atom stereocenters. The Bertz CT molecular complexity index is 77.7. The molecule has 0 radical (unpaired) electrons. The summed E-state index contributed by atoms with van der Waals surface area (Å²) in [4.78, 5) is 18.0. The monoisotopic (exact) mass is 198 g/mol. The van der Waals surface area contributed by atoms with E-state index in [1.165, 1.54) is 0 Å². The molecule has 7 heteroatoms. The molecule has 0 fully saturated rings. The van der Waals surface area contributed by atoms with E-state index in [0.29, 0.717) is 0 Å². The van der Waals surface area contributed by atoms with Crippen LogP contribution < -0.4 is 64.2 Å². The number of carbonyl (C=O) groups excluding carboxylic acids is 2. The van der Waals surface area contributed by atoms with Gasteiger partial charge in [-0.2, -0.15) is 0 Å². The second kappa shape index (κ2) is 17.0. The Morgan fingerprint density at radius 1 is 1.40 bits per heavy atom. The molecule has 0 amide bonds. The van der Waals surface area contributed by atoms with E-state index in [1.807, 2.05) is 0 Å². The van der Waals surface area contributed by atoms with Gasteiger partial charge in [0.15, 0.2) is 0 Å². The maximum Gasteiger partial charge on any atom is 1.00 e. The predicted molar refractivity (Wildman–Crippen MR) is 32.4 cm³/mol. The first kappa shape index (κ1) is 22.6. The van der Waals surface area contributed by atoms with E-state index in [2.05, 4.69) is 25.3 Å². The van der Waals surface area contributed by atoms with Gasteiger partial charge in [0.05, 0.1) is 4.45 Å². The zero-order valence-electron chi connectivity index (χ0n) is 6.08. The van der Waals surface area contributed by atoms with Gasteiger partial charge in [0.25, 0.3) is 0 Å². The van der Waals surface area contributed by atoms with Crippen LogP contribution in [0.4, 0.5) is 4.79 Å². The molecule has 0 saturated heterocycles. The van der Waals surface area contributed by atoms with E-state index >= 15 is 0 Å². The van der Waals surface area contributed by atoms with Crippen molar-refractivity contribution in [3.05, 3.63) is 0 Å². The smallest absolute Gasteiger partial charge is 0.731 e. The minimum absolute atomic E-state index is 0. The summed E-state index contributed by atoms with van der Waals surface area (Å²) in [6.07, 6.45) is 0. The summed E-state index contributed by atoms with van der Waals surface area (Å²) in [7, 11) is 0. The van der Waals surface area contributed by atoms with Gasteiger partial charge in [-0.05, 0) is 6.92 Å². The van der Waals surface area contributed by atoms with Crippen LogP contribution in [0.5, 0.6) is 0 Å². The molecule has 0 aliphatic rings. The molecule has 0 unspecified atom stereocenters. The maximum absolute atomic E-state index is 9.12. The van der Waals surface area contributed by atoms with Crippen molar-refractivity contribution in [3.8, 4) is 0 Å². The first-order chi connectivity index (χ1) is 3.46. The van der Waals surface area contributed by atoms with Gasteiger partial charge >= 0.3 is 59.1 Å². The topological polar surface area (TPSA) is 57.2 Å². The third kappa shape index (κ3) is 252. The number of carboxylic acid groups (broad SMARTS) is 1. The molecule has 0 aliphatic heterocycles. The molecule has 0 aromatic rings. The number of hydrogen-bond donors (Lipinski definition) is 1. The minimum atomic E-state index is -1.08. The Kier molecular flexibility index (Phi) is 38.4. The van der Waals surface area contributed by atoms with Crippen LogP contribution in [0.15, 0.2) is 0 Å². The minimum Gasteiger partial charge on any atom is -0.731 e. The summed E-state index contributed by atoms with van der Waals surface area (Å²) in [5.41, 5.74) is 0. The number of hydrogen-bond acceptors (Lipinski definition) is 4. The molecule has 0 spiro atoms. The van der Waals surface area contributed by atoms with Crippen molar-refractivity contribution < 1.29 is 73.8 Å². The maximum atomic E-state index is 9.12. The number of rotatable bonds is 0. The van der Waals surface area contributed by atoms with Gasteiger partial charge in [0.1, 0.15) is 0 Å². The fraction of sp³-hybridized carbons (Fsp3) is 0.333. The van der Waals surface area contributed by atoms with E-state index in [1.54, 1.807) is 0 Å². The van der Waals surface area contributed by atoms with E-state index in [0.717, 1.165) is 6.92 Å². The molecule has 0 bridgehead atoms. The fourth-order valence-electron chi connectivity index (χ4n) is 0. The molecular formula is C3H4Na2O3S2. The van der Waals surface area contributed by atoms with Gasteiger partial charge in [0.2, 0.25) is 0 Å². The standard InChI is InChI=1S/C2H4O2.CH2OS2.2Na/c1-2(3)4;2-1(3)4;;/h1H3,(H,3,4);(H2,2,3,4);;/q;;2*+1/p-2. The molecule has 0 aliphatic carbocycles. The predicted octanol–water partition coefficient (Wildman–Crippen LogP) is -6.65. The van der Waals surface area contributed by atoms with Crippen molar-refractivity contribution >= 4 is 35.7 Å². The molecule has 0 aromatic carbocycles. The zero-order chi connectivity index (χ0) is 7.15. The summed E-state index contributed by atoms with van der Waals surface area (Å²) in [6, 6.07) is 0. The molecule has 0 saturated carbocycles. The van der Waals surface area contributed by atoms with E-state index < -0.39 is 10.4 Å². The van der Waals surface area contributed by atoms with Crippen LogP contribution in [-0.4, -0.2) is 10.4 Å². The van der Waals surface area contributed by atoms with E-state index in [9.17, 15) is 0 Å². The summed E-state index contributed by atoms with van der Waals surface area (Å²) in [6.45, 7) is 0.972.